The number of benzene rings is 2. The van der Waals surface area contributed by atoms with Crippen LogP contribution in [-0.4, -0.2) is 11.9 Å². The van der Waals surface area contributed by atoms with E-state index in [1.54, 1.807) is 18.2 Å². The van der Waals surface area contributed by atoms with Gasteiger partial charge in [-0.25, -0.2) is 4.79 Å². The Morgan fingerprint density at radius 2 is 1.73 bits per heavy atom. The number of nitrogens with one attached hydrogen (secondary N) is 1. The zero-order chi connectivity index (χ0) is 18.7. The summed E-state index contributed by atoms with van der Waals surface area (Å²) < 4.78 is 5.64. The van der Waals surface area contributed by atoms with Gasteiger partial charge in [0.2, 0.25) is 0 Å². The number of aryl methyl sites for hydroxylation is 2. The van der Waals surface area contributed by atoms with Gasteiger partial charge in [-0.2, -0.15) is 0 Å². The third-order valence-electron chi connectivity index (χ3n) is 3.64. The molecular formula is C20H18N2O4. The van der Waals surface area contributed by atoms with Crippen molar-refractivity contribution in [1.29, 1.82) is 0 Å². The Morgan fingerprint density at radius 3 is 2.42 bits per heavy atom. The summed E-state index contributed by atoms with van der Waals surface area (Å²) >= 11 is 0. The molecule has 0 radical (unpaired) electrons. The Kier molecular flexibility index (Phi) is 4.84. The molecule has 6 nitrogen and oxygen atoms in total. The first-order valence-corrected chi connectivity index (χ1v) is 8.06. The number of nitrogens with zero attached hydrogens (tertiary/aromatic N) is 1. The highest BCUT2D eigenvalue weighted by Gasteiger charge is 2.14. The van der Waals surface area contributed by atoms with E-state index in [1.165, 1.54) is 6.92 Å². The van der Waals surface area contributed by atoms with Crippen LogP contribution < -0.4 is 10.9 Å². The first kappa shape index (κ1) is 17.4. The van der Waals surface area contributed by atoms with Crippen molar-refractivity contribution in [2.75, 3.05) is 5.32 Å². The summed E-state index contributed by atoms with van der Waals surface area (Å²) in [5, 5.41) is 7.25. The molecule has 0 spiro atoms. The lowest BCUT2D eigenvalue weighted by Crippen LogP contribution is -2.22. The van der Waals surface area contributed by atoms with Crippen molar-refractivity contribution >= 4 is 28.5 Å². The van der Waals surface area contributed by atoms with Gasteiger partial charge >= 0.3 is 5.97 Å². The minimum atomic E-state index is -0.603. The van der Waals surface area contributed by atoms with Gasteiger partial charge in [0, 0.05) is 18.0 Å². The van der Waals surface area contributed by atoms with E-state index in [2.05, 4.69) is 15.3 Å². The third-order valence-corrected chi connectivity index (χ3v) is 3.64. The van der Waals surface area contributed by atoms with Gasteiger partial charge in [0.25, 0.3) is 11.5 Å². The van der Waals surface area contributed by atoms with Gasteiger partial charge < -0.3 is 14.6 Å². The van der Waals surface area contributed by atoms with Crippen molar-refractivity contribution < 1.29 is 18.8 Å². The summed E-state index contributed by atoms with van der Waals surface area (Å²) in [5.41, 5.74) is 3.37. The maximum atomic E-state index is 12.8. The van der Waals surface area contributed by atoms with E-state index < -0.39 is 11.9 Å². The topological polar surface area (TPSA) is 80.9 Å². The Balaban J connectivity index is 2.06. The molecule has 0 saturated carbocycles. The normalized spacial score (nSPS) is 11.4. The molecular weight excluding hydrogens is 332 g/mol. The van der Waals surface area contributed by atoms with Crippen LogP contribution in [0.5, 0.6) is 0 Å². The highest BCUT2D eigenvalue weighted by atomic mass is 16.7. The summed E-state index contributed by atoms with van der Waals surface area (Å²) in [7, 11) is 0. The second-order valence-electron chi connectivity index (χ2n) is 6.01. The highest BCUT2D eigenvalue weighted by molar-refractivity contribution is 6.05. The standard InChI is InChI=1S/C20H18N2O4/c1-12-8-13(2)10-16(9-12)21-19(24)17-11-15-6-4-5-7-18(15)25-20(17)22-26-14(3)23/h4-11H,1-3H3,(H,21,24)/b22-20+. The van der Waals surface area contributed by atoms with Gasteiger partial charge in [0.1, 0.15) is 11.1 Å². The summed E-state index contributed by atoms with van der Waals surface area (Å²) in [6, 6.07) is 14.6. The number of hydrogen-bond acceptors (Lipinski definition) is 5. The van der Waals surface area contributed by atoms with Gasteiger partial charge in [-0.3, -0.25) is 4.79 Å². The average Bonchev–Trinajstić information content (AvgIpc) is 2.58. The molecule has 0 bridgehead atoms. The van der Waals surface area contributed by atoms with Crippen LogP contribution in [0.25, 0.3) is 11.0 Å². The average molecular weight is 350 g/mol. The number of hydrogen-bond donors (Lipinski definition) is 1. The van der Waals surface area contributed by atoms with Gasteiger partial charge in [-0.15, -0.1) is 0 Å². The zero-order valence-corrected chi connectivity index (χ0v) is 14.7. The predicted molar refractivity (Wildman–Crippen MR) is 97.4 cm³/mol. The SMILES string of the molecule is CC(=O)O/N=c1/oc2ccccc2cc1C(=O)Nc1cc(C)cc(C)c1. The molecule has 3 rings (SSSR count). The Hall–Kier alpha value is -3.41. The Labute approximate surface area is 150 Å². The molecule has 0 aliphatic carbocycles. The Morgan fingerprint density at radius 1 is 1.04 bits per heavy atom. The first-order chi connectivity index (χ1) is 12.4. The molecule has 0 unspecified atom stereocenters. The van der Waals surface area contributed by atoms with E-state index in [-0.39, 0.29) is 11.1 Å². The molecule has 0 aliphatic rings. The summed E-state index contributed by atoms with van der Waals surface area (Å²) in [6.07, 6.45) is 0. The molecule has 26 heavy (non-hydrogen) atoms. The van der Waals surface area contributed by atoms with Crippen molar-refractivity contribution in [2.24, 2.45) is 5.16 Å². The predicted octanol–water partition coefficient (Wildman–Crippen LogP) is 3.68. The van der Waals surface area contributed by atoms with Crippen molar-refractivity contribution in [3.05, 3.63) is 70.8 Å². The third kappa shape index (κ3) is 3.97. The van der Waals surface area contributed by atoms with E-state index in [9.17, 15) is 9.59 Å². The maximum absolute atomic E-state index is 12.8. The van der Waals surface area contributed by atoms with Gasteiger partial charge in [0.15, 0.2) is 0 Å². The summed E-state index contributed by atoms with van der Waals surface area (Å²) in [4.78, 5) is 28.5. The largest absolute Gasteiger partial charge is 0.435 e. The maximum Gasteiger partial charge on any atom is 0.332 e. The lowest BCUT2D eigenvalue weighted by Gasteiger charge is -2.08. The Bertz CT molecular complexity index is 1050. The number of rotatable bonds is 3. The van der Waals surface area contributed by atoms with Crippen LogP contribution in [0.15, 0.2) is 58.1 Å². The van der Waals surface area contributed by atoms with Crippen LogP contribution in [0.4, 0.5) is 5.69 Å². The van der Waals surface area contributed by atoms with Gasteiger partial charge in [-0.1, -0.05) is 24.3 Å². The number of carbonyl (C=O) groups excluding carboxylic acids is 2. The number of carbonyl (C=O) groups is 2. The van der Waals surface area contributed by atoms with E-state index in [1.807, 2.05) is 44.2 Å². The molecule has 3 aromatic rings. The van der Waals surface area contributed by atoms with Crippen molar-refractivity contribution in [3.63, 3.8) is 0 Å². The second-order valence-corrected chi connectivity index (χ2v) is 6.01. The molecule has 0 aliphatic heterocycles. The fourth-order valence-electron chi connectivity index (χ4n) is 2.65. The molecule has 0 saturated heterocycles. The van der Waals surface area contributed by atoms with E-state index in [0.717, 1.165) is 16.5 Å². The molecule has 1 N–H and O–H groups in total. The molecule has 1 aromatic heterocycles. The monoisotopic (exact) mass is 350 g/mol. The number of para-hydroxylation sites is 1. The minimum Gasteiger partial charge on any atom is -0.435 e. The number of amides is 1. The minimum absolute atomic E-state index is 0.0687. The van der Waals surface area contributed by atoms with Gasteiger partial charge in [0.05, 0.1) is 0 Å². The summed E-state index contributed by atoms with van der Waals surface area (Å²) in [5.74, 6) is -1.01. The lowest BCUT2D eigenvalue weighted by molar-refractivity contribution is -0.141. The quantitative estimate of drug-likeness (QED) is 0.577. The number of fused-ring (bicyclic) bond motifs is 1. The molecule has 6 heteroatoms. The van der Waals surface area contributed by atoms with E-state index in [4.69, 9.17) is 4.42 Å². The van der Waals surface area contributed by atoms with Crippen LogP contribution in [-0.2, 0) is 9.63 Å². The molecule has 2 aromatic carbocycles. The smallest absolute Gasteiger partial charge is 0.332 e. The van der Waals surface area contributed by atoms with Crippen molar-refractivity contribution in [3.8, 4) is 0 Å². The van der Waals surface area contributed by atoms with Gasteiger partial charge in [-0.05, 0) is 54.4 Å². The summed E-state index contributed by atoms with van der Waals surface area (Å²) in [6.45, 7) is 5.13. The highest BCUT2D eigenvalue weighted by Crippen LogP contribution is 2.16. The van der Waals surface area contributed by atoms with Crippen LogP contribution in [0, 0.1) is 13.8 Å². The van der Waals surface area contributed by atoms with Crippen LogP contribution in [0.3, 0.4) is 0 Å². The molecule has 1 heterocycles. The van der Waals surface area contributed by atoms with Crippen molar-refractivity contribution in [2.45, 2.75) is 20.8 Å². The van der Waals surface area contributed by atoms with Crippen molar-refractivity contribution in [1.82, 2.24) is 0 Å². The molecule has 1 amide bonds. The molecule has 132 valence electrons. The fourth-order valence-corrected chi connectivity index (χ4v) is 2.65. The molecule has 0 atom stereocenters. The van der Waals surface area contributed by atoms with Crippen LogP contribution in [0.1, 0.15) is 28.4 Å². The first-order valence-electron chi connectivity index (χ1n) is 8.06. The zero-order valence-electron chi connectivity index (χ0n) is 14.7. The lowest BCUT2D eigenvalue weighted by atomic mass is 10.1. The second kappa shape index (κ2) is 7.23. The fraction of sp³-hybridized carbons (Fsp3) is 0.150. The molecule has 0 fully saturated rings. The van der Waals surface area contributed by atoms with E-state index in [0.29, 0.717) is 11.3 Å². The van der Waals surface area contributed by atoms with E-state index >= 15 is 0 Å². The van der Waals surface area contributed by atoms with Crippen LogP contribution >= 0.6 is 0 Å². The number of anilines is 1. The van der Waals surface area contributed by atoms with Crippen LogP contribution in [0.2, 0.25) is 0 Å².